The predicted octanol–water partition coefficient (Wildman–Crippen LogP) is 3.46. The zero-order valence-electron chi connectivity index (χ0n) is 10.7. The molecule has 2 heteroatoms. The molecular weight excluding hydrogens is 222 g/mol. The summed E-state index contributed by atoms with van der Waals surface area (Å²) in [5.41, 5.74) is 8.04. The molecule has 0 fully saturated rings. The first kappa shape index (κ1) is 12.7. The highest BCUT2D eigenvalue weighted by Gasteiger charge is 2.12. The normalized spacial score (nSPS) is 12.1. The Morgan fingerprint density at radius 2 is 1.83 bits per heavy atom. The Labute approximate surface area is 108 Å². The van der Waals surface area contributed by atoms with Crippen molar-refractivity contribution in [3.05, 3.63) is 65.7 Å². The van der Waals surface area contributed by atoms with Crippen LogP contribution in [0.1, 0.15) is 23.7 Å². The summed E-state index contributed by atoms with van der Waals surface area (Å²) < 4.78 is 6.04. The van der Waals surface area contributed by atoms with E-state index in [2.05, 4.69) is 25.1 Å². The zero-order chi connectivity index (χ0) is 12.8. The van der Waals surface area contributed by atoms with Crippen LogP contribution in [0, 0.1) is 6.92 Å². The lowest BCUT2D eigenvalue weighted by molar-refractivity contribution is 0.197. The number of rotatable bonds is 5. The molecule has 2 aromatic rings. The minimum absolute atomic E-state index is 0.0259. The lowest BCUT2D eigenvalue weighted by Gasteiger charge is -2.19. The van der Waals surface area contributed by atoms with Gasteiger partial charge in [0.15, 0.2) is 0 Å². The maximum absolute atomic E-state index is 6.04. The summed E-state index contributed by atoms with van der Waals surface area (Å²) in [5.74, 6) is 0.900. The third kappa shape index (κ3) is 3.34. The monoisotopic (exact) mass is 241 g/mol. The van der Waals surface area contributed by atoms with E-state index in [0.717, 1.165) is 12.2 Å². The van der Waals surface area contributed by atoms with Gasteiger partial charge < -0.3 is 10.5 Å². The highest BCUT2D eigenvalue weighted by Crippen LogP contribution is 2.24. The van der Waals surface area contributed by atoms with Gasteiger partial charge in [-0.15, -0.1) is 0 Å². The Morgan fingerprint density at radius 3 is 2.50 bits per heavy atom. The van der Waals surface area contributed by atoms with Crippen molar-refractivity contribution < 1.29 is 4.74 Å². The summed E-state index contributed by atoms with van der Waals surface area (Å²) in [6.07, 6.45) is 0.843. The van der Waals surface area contributed by atoms with E-state index in [4.69, 9.17) is 10.5 Å². The summed E-state index contributed by atoms with van der Waals surface area (Å²) in [4.78, 5) is 0. The van der Waals surface area contributed by atoms with Gasteiger partial charge in [-0.25, -0.2) is 0 Å². The fraction of sp³-hybridized carbons (Fsp3) is 0.250. The molecule has 0 bridgehead atoms. The van der Waals surface area contributed by atoms with Crippen LogP contribution in [0.5, 0.6) is 5.75 Å². The zero-order valence-corrected chi connectivity index (χ0v) is 10.7. The Balaban J connectivity index is 2.16. The molecule has 94 valence electrons. The molecule has 0 amide bonds. The molecular formula is C16H19NO. The molecule has 2 aromatic carbocycles. The summed E-state index contributed by atoms with van der Waals surface area (Å²) in [7, 11) is 0. The molecule has 0 saturated carbocycles. The van der Waals surface area contributed by atoms with Crippen LogP contribution in [-0.4, -0.2) is 6.54 Å². The van der Waals surface area contributed by atoms with Gasteiger partial charge in [-0.05, 0) is 36.7 Å². The van der Waals surface area contributed by atoms with Gasteiger partial charge in [-0.2, -0.15) is 0 Å². The first-order valence-electron chi connectivity index (χ1n) is 6.28. The van der Waals surface area contributed by atoms with Crippen molar-refractivity contribution in [3.8, 4) is 5.75 Å². The molecule has 18 heavy (non-hydrogen) atoms. The Hall–Kier alpha value is -1.80. The Kier molecular flexibility index (Phi) is 4.37. The second-order valence-corrected chi connectivity index (χ2v) is 4.41. The first-order valence-corrected chi connectivity index (χ1v) is 6.28. The van der Waals surface area contributed by atoms with Crippen molar-refractivity contribution in [3.63, 3.8) is 0 Å². The smallest absolute Gasteiger partial charge is 0.125 e. The summed E-state index contributed by atoms with van der Waals surface area (Å²) >= 11 is 0. The highest BCUT2D eigenvalue weighted by molar-refractivity contribution is 5.29. The minimum atomic E-state index is 0.0259. The van der Waals surface area contributed by atoms with Crippen molar-refractivity contribution in [2.45, 2.75) is 19.4 Å². The molecule has 2 N–H and O–H groups in total. The number of hydrogen-bond donors (Lipinski definition) is 1. The summed E-state index contributed by atoms with van der Waals surface area (Å²) in [5, 5.41) is 0. The lowest BCUT2D eigenvalue weighted by Crippen LogP contribution is -2.13. The molecule has 0 aromatic heterocycles. The predicted molar refractivity (Wildman–Crippen MR) is 74.7 cm³/mol. The van der Waals surface area contributed by atoms with Gasteiger partial charge >= 0.3 is 0 Å². The van der Waals surface area contributed by atoms with E-state index in [1.54, 1.807) is 0 Å². The van der Waals surface area contributed by atoms with Gasteiger partial charge in [0.25, 0.3) is 0 Å². The maximum Gasteiger partial charge on any atom is 0.125 e. The van der Waals surface area contributed by atoms with Crippen LogP contribution in [0.25, 0.3) is 0 Å². The van der Waals surface area contributed by atoms with Gasteiger partial charge in [-0.3, -0.25) is 0 Å². The van der Waals surface area contributed by atoms with Crippen LogP contribution in [0.2, 0.25) is 0 Å². The number of aryl methyl sites for hydroxylation is 1. The number of hydrogen-bond acceptors (Lipinski definition) is 2. The van der Waals surface area contributed by atoms with E-state index in [1.165, 1.54) is 11.1 Å². The fourth-order valence-corrected chi connectivity index (χ4v) is 1.97. The van der Waals surface area contributed by atoms with Crippen molar-refractivity contribution in [1.82, 2.24) is 0 Å². The molecule has 2 nitrogen and oxygen atoms in total. The number of nitrogens with two attached hydrogens (primary N) is 1. The standard InChI is InChI=1S/C16H19NO/c1-13-6-5-9-15(12-13)18-16(10-11-17)14-7-3-2-4-8-14/h2-9,12,16H,10-11,17H2,1H3/t16-/m1/s1. The summed E-state index contributed by atoms with van der Waals surface area (Å²) in [6, 6.07) is 18.3. The van der Waals surface area contributed by atoms with Gasteiger partial charge in [0.1, 0.15) is 11.9 Å². The molecule has 0 saturated heterocycles. The average Bonchev–Trinajstić information content (AvgIpc) is 2.39. The second kappa shape index (κ2) is 6.22. The molecule has 0 aliphatic carbocycles. The molecule has 0 radical (unpaired) electrons. The average molecular weight is 241 g/mol. The van der Waals surface area contributed by atoms with E-state index in [1.807, 2.05) is 36.4 Å². The first-order chi connectivity index (χ1) is 8.79. The van der Waals surface area contributed by atoms with Crippen LogP contribution < -0.4 is 10.5 Å². The Bertz CT molecular complexity index is 481. The Morgan fingerprint density at radius 1 is 1.06 bits per heavy atom. The molecule has 0 aliphatic rings. The van der Waals surface area contributed by atoms with E-state index < -0.39 is 0 Å². The topological polar surface area (TPSA) is 35.2 Å². The van der Waals surface area contributed by atoms with Crippen molar-refractivity contribution >= 4 is 0 Å². The molecule has 0 spiro atoms. The van der Waals surface area contributed by atoms with Crippen molar-refractivity contribution in [1.29, 1.82) is 0 Å². The van der Waals surface area contributed by atoms with Gasteiger partial charge in [-0.1, -0.05) is 42.5 Å². The quantitative estimate of drug-likeness (QED) is 0.870. The minimum Gasteiger partial charge on any atom is -0.486 e. The number of benzene rings is 2. The second-order valence-electron chi connectivity index (χ2n) is 4.41. The van der Waals surface area contributed by atoms with Crippen LogP contribution in [0.15, 0.2) is 54.6 Å². The van der Waals surface area contributed by atoms with Gasteiger partial charge in [0.2, 0.25) is 0 Å². The van der Waals surface area contributed by atoms with E-state index >= 15 is 0 Å². The van der Waals surface area contributed by atoms with Crippen molar-refractivity contribution in [2.24, 2.45) is 5.73 Å². The van der Waals surface area contributed by atoms with Crippen LogP contribution >= 0.6 is 0 Å². The van der Waals surface area contributed by atoms with Gasteiger partial charge in [0, 0.05) is 6.42 Å². The molecule has 1 atom stereocenters. The van der Waals surface area contributed by atoms with Crippen LogP contribution in [0.3, 0.4) is 0 Å². The third-order valence-electron chi connectivity index (χ3n) is 2.87. The molecule has 0 unspecified atom stereocenters. The van der Waals surface area contributed by atoms with Gasteiger partial charge in [0.05, 0.1) is 0 Å². The lowest BCUT2D eigenvalue weighted by atomic mass is 10.1. The van der Waals surface area contributed by atoms with Crippen LogP contribution in [0.4, 0.5) is 0 Å². The van der Waals surface area contributed by atoms with E-state index in [0.29, 0.717) is 6.54 Å². The fourth-order valence-electron chi connectivity index (χ4n) is 1.97. The highest BCUT2D eigenvalue weighted by atomic mass is 16.5. The molecule has 2 rings (SSSR count). The molecule has 0 heterocycles. The number of ether oxygens (including phenoxy) is 1. The van der Waals surface area contributed by atoms with Crippen molar-refractivity contribution in [2.75, 3.05) is 6.54 Å². The van der Waals surface area contributed by atoms with E-state index in [-0.39, 0.29) is 6.10 Å². The maximum atomic E-state index is 6.04. The largest absolute Gasteiger partial charge is 0.486 e. The summed E-state index contributed by atoms with van der Waals surface area (Å²) in [6.45, 7) is 2.68. The molecule has 0 aliphatic heterocycles. The third-order valence-corrected chi connectivity index (χ3v) is 2.87. The van der Waals surface area contributed by atoms with E-state index in [9.17, 15) is 0 Å². The van der Waals surface area contributed by atoms with Crippen LogP contribution in [-0.2, 0) is 0 Å². The SMILES string of the molecule is Cc1cccc(O[C@H](CCN)c2ccccc2)c1.